The van der Waals surface area contributed by atoms with Crippen LogP contribution in [0.4, 0.5) is 0 Å². The second-order valence-corrected chi connectivity index (χ2v) is 15.0. The van der Waals surface area contributed by atoms with Gasteiger partial charge in [0.1, 0.15) is 16.9 Å². The van der Waals surface area contributed by atoms with E-state index < -0.39 is 5.54 Å². The third kappa shape index (κ3) is 6.01. The van der Waals surface area contributed by atoms with Gasteiger partial charge in [0.05, 0.1) is 24.4 Å². The molecule has 278 valence electrons. The quantitative estimate of drug-likeness (QED) is 0.123. The second-order valence-electron chi connectivity index (χ2n) is 15.0. The van der Waals surface area contributed by atoms with Crippen molar-refractivity contribution in [2.45, 2.75) is 71.2 Å². The number of nitrogens with zero attached hydrogens (tertiary/aromatic N) is 7. The molecule has 8 nitrogen and oxygen atoms in total. The van der Waals surface area contributed by atoms with Crippen molar-refractivity contribution in [2.24, 2.45) is 0 Å². The standard InChI is InChI=1S/C48H45N7O/c1-5-44-50-45-33(4)29-39(31-56-32(2)3)49-47(45)54(44)43-28-26-35-30-34(25-27-41(35)43)40-23-15-16-24-42(40)46-51-52-53-55(46)48(36-17-9-6-10-18-36,37-19-11-7-12-20-37)38-21-13-8-14-22-38/h6-25,27,29-30,32,43H,5,26,28,31H2,1-4H3/t43-/m0/s1. The average Bonchev–Trinajstić information content (AvgIpc) is 3.99. The Balaban J connectivity index is 1.16. The number of imidazole rings is 1. The molecule has 0 unspecified atom stereocenters. The van der Waals surface area contributed by atoms with Gasteiger partial charge in [0.15, 0.2) is 11.5 Å². The van der Waals surface area contributed by atoms with Gasteiger partial charge < -0.3 is 9.30 Å². The SMILES string of the molecule is CCc1nc2c(C)cc(COC(C)C)nc2n1[C@H]1CCc2cc(-c3ccccc3-c3nnnn3C(c3ccccc3)(c3ccccc3)c3ccccc3)ccc21. The first kappa shape index (κ1) is 35.5. The van der Waals surface area contributed by atoms with E-state index in [-0.39, 0.29) is 12.1 Å². The van der Waals surface area contributed by atoms with E-state index >= 15 is 0 Å². The summed E-state index contributed by atoms with van der Waals surface area (Å²) in [4.78, 5) is 10.3. The third-order valence-corrected chi connectivity index (χ3v) is 11.2. The summed E-state index contributed by atoms with van der Waals surface area (Å²) in [7, 11) is 0. The van der Waals surface area contributed by atoms with Gasteiger partial charge in [-0.05, 0) is 94.6 Å². The van der Waals surface area contributed by atoms with E-state index in [2.05, 4.69) is 177 Å². The number of fused-ring (bicyclic) bond motifs is 2. The third-order valence-electron chi connectivity index (χ3n) is 11.2. The molecule has 3 heterocycles. The molecule has 8 aromatic rings. The van der Waals surface area contributed by atoms with Crippen LogP contribution in [0.2, 0.25) is 0 Å². The molecular weight excluding hydrogens is 691 g/mol. The first-order valence-corrected chi connectivity index (χ1v) is 19.6. The lowest BCUT2D eigenvalue weighted by molar-refractivity contribution is 0.0637. The summed E-state index contributed by atoms with van der Waals surface area (Å²) in [5.74, 6) is 1.75. The summed E-state index contributed by atoms with van der Waals surface area (Å²) >= 11 is 0. The molecule has 0 amide bonds. The van der Waals surface area contributed by atoms with Crippen molar-refractivity contribution in [3.8, 4) is 22.5 Å². The Hall–Kier alpha value is -6.25. The number of hydrogen-bond donors (Lipinski definition) is 0. The first-order chi connectivity index (χ1) is 27.5. The number of benzene rings is 5. The van der Waals surface area contributed by atoms with Crippen molar-refractivity contribution in [3.05, 3.63) is 184 Å². The predicted octanol–water partition coefficient (Wildman–Crippen LogP) is 9.92. The van der Waals surface area contributed by atoms with Crippen molar-refractivity contribution in [1.82, 2.24) is 34.7 Å². The Bertz CT molecular complexity index is 2530. The molecule has 0 bridgehead atoms. The highest BCUT2D eigenvalue weighted by Gasteiger charge is 2.42. The van der Waals surface area contributed by atoms with Gasteiger partial charge in [-0.25, -0.2) is 14.6 Å². The minimum absolute atomic E-state index is 0.136. The lowest BCUT2D eigenvalue weighted by Crippen LogP contribution is -2.39. The topological polar surface area (TPSA) is 83.5 Å². The fourth-order valence-electron chi connectivity index (χ4n) is 8.68. The van der Waals surface area contributed by atoms with E-state index in [1.54, 1.807) is 0 Å². The van der Waals surface area contributed by atoms with E-state index in [1.165, 1.54) is 11.1 Å². The highest BCUT2D eigenvalue weighted by molar-refractivity contribution is 5.82. The Morgan fingerprint density at radius 3 is 2.00 bits per heavy atom. The summed E-state index contributed by atoms with van der Waals surface area (Å²) in [6, 6.07) is 49.3. The number of aryl methyl sites for hydroxylation is 3. The maximum atomic E-state index is 5.97. The van der Waals surface area contributed by atoms with E-state index in [4.69, 9.17) is 25.0 Å². The molecule has 1 aliphatic carbocycles. The molecular formula is C48H45N7O. The molecule has 0 spiro atoms. The summed E-state index contributed by atoms with van der Waals surface area (Å²) in [6.45, 7) is 8.91. The predicted molar refractivity (Wildman–Crippen MR) is 221 cm³/mol. The fourth-order valence-corrected chi connectivity index (χ4v) is 8.68. The van der Waals surface area contributed by atoms with Crippen LogP contribution < -0.4 is 0 Å². The number of hydrogen-bond acceptors (Lipinski definition) is 6. The maximum Gasteiger partial charge on any atom is 0.184 e. The molecule has 1 aliphatic rings. The molecule has 1 atom stereocenters. The lowest BCUT2D eigenvalue weighted by Gasteiger charge is -2.36. The average molecular weight is 736 g/mol. The van der Waals surface area contributed by atoms with Crippen LogP contribution in [0.3, 0.4) is 0 Å². The van der Waals surface area contributed by atoms with Crippen LogP contribution in [-0.4, -0.2) is 40.8 Å². The van der Waals surface area contributed by atoms with Crippen LogP contribution in [-0.2, 0) is 29.7 Å². The Morgan fingerprint density at radius 1 is 0.750 bits per heavy atom. The first-order valence-electron chi connectivity index (χ1n) is 19.6. The van der Waals surface area contributed by atoms with E-state index in [0.29, 0.717) is 12.4 Å². The molecule has 0 saturated heterocycles. The van der Waals surface area contributed by atoms with Gasteiger partial charge in [0, 0.05) is 12.0 Å². The van der Waals surface area contributed by atoms with Crippen LogP contribution in [0.15, 0.2) is 140 Å². The molecule has 0 fully saturated rings. The van der Waals surface area contributed by atoms with Gasteiger partial charge in [-0.2, -0.15) is 0 Å². The van der Waals surface area contributed by atoms with Crippen molar-refractivity contribution >= 4 is 11.2 Å². The fraction of sp³-hybridized carbons (Fsp3) is 0.229. The molecule has 56 heavy (non-hydrogen) atoms. The molecule has 5 aromatic carbocycles. The molecule has 0 saturated carbocycles. The molecule has 3 aromatic heterocycles. The maximum absolute atomic E-state index is 5.97. The minimum atomic E-state index is -0.849. The number of aromatic nitrogens is 7. The van der Waals surface area contributed by atoms with Crippen molar-refractivity contribution < 1.29 is 4.74 Å². The Kier molecular flexibility index (Phi) is 9.35. The number of rotatable bonds is 11. The van der Waals surface area contributed by atoms with Gasteiger partial charge in [0.2, 0.25) is 0 Å². The van der Waals surface area contributed by atoms with Crippen molar-refractivity contribution in [2.75, 3.05) is 0 Å². The van der Waals surface area contributed by atoms with Crippen molar-refractivity contribution in [1.29, 1.82) is 0 Å². The van der Waals surface area contributed by atoms with E-state index in [9.17, 15) is 0 Å². The zero-order chi connectivity index (χ0) is 38.2. The second kappa shape index (κ2) is 14.8. The van der Waals surface area contributed by atoms with Gasteiger partial charge in [0.25, 0.3) is 0 Å². The molecule has 0 aliphatic heterocycles. The summed E-state index contributed by atoms with van der Waals surface area (Å²) in [5.41, 5.74) is 12.2. The van der Waals surface area contributed by atoms with Crippen LogP contribution in [0.5, 0.6) is 0 Å². The van der Waals surface area contributed by atoms with E-state index in [1.807, 2.05) is 4.68 Å². The number of tetrazole rings is 1. The normalized spacial score (nSPS) is 14.1. The van der Waals surface area contributed by atoms with Crippen LogP contribution in [0.25, 0.3) is 33.7 Å². The number of ether oxygens (including phenoxy) is 1. The minimum Gasteiger partial charge on any atom is -0.373 e. The van der Waals surface area contributed by atoms with E-state index in [0.717, 1.165) is 80.9 Å². The van der Waals surface area contributed by atoms with Gasteiger partial charge in [-0.1, -0.05) is 140 Å². The summed E-state index contributed by atoms with van der Waals surface area (Å²) in [6.07, 6.45) is 2.91. The molecule has 9 rings (SSSR count). The zero-order valence-corrected chi connectivity index (χ0v) is 32.3. The molecule has 0 N–H and O–H groups in total. The van der Waals surface area contributed by atoms with Crippen LogP contribution in [0, 0.1) is 6.92 Å². The van der Waals surface area contributed by atoms with Crippen LogP contribution in [0.1, 0.15) is 78.1 Å². The molecule has 8 heteroatoms. The summed E-state index contributed by atoms with van der Waals surface area (Å²) in [5, 5.41) is 14.0. The van der Waals surface area contributed by atoms with Gasteiger partial charge in [-0.3, -0.25) is 0 Å². The molecule has 0 radical (unpaired) electrons. The zero-order valence-electron chi connectivity index (χ0n) is 32.3. The van der Waals surface area contributed by atoms with Gasteiger partial charge >= 0.3 is 0 Å². The highest BCUT2D eigenvalue weighted by Crippen LogP contribution is 2.45. The smallest absolute Gasteiger partial charge is 0.184 e. The van der Waals surface area contributed by atoms with Crippen molar-refractivity contribution in [3.63, 3.8) is 0 Å². The lowest BCUT2D eigenvalue weighted by atomic mass is 9.77. The summed E-state index contributed by atoms with van der Waals surface area (Å²) < 4.78 is 10.4. The largest absolute Gasteiger partial charge is 0.373 e. The highest BCUT2D eigenvalue weighted by atomic mass is 16.5. The Labute approximate surface area is 327 Å². The number of pyridine rings is 1. The Morgan fingerprint density at radius 2 is 1.38 bits per heavy atom. The monoisotopic (exact) mass is 735 g/mol. The van der Waals surface area contributed by atoms with Gasteiger partial charge in [-0.15, -0.1) is 5.10 Å². The van der Waals surface area contributed by atoms with Crippen LogP contribution >= 0.6 is 0 Å².